The number of allylic oxidation sites excluding steroid dienone is 1. The number of unbranched alkanes of at least 4 members (excludes halogenated alkanes) is 11. The van der Waals surface area contributed by atoms with E-state index < -0.39 is 0 Å². The van der Waals surface area contributed by atoms with Gasteiger partial charge in [-0.05, 0) is 37.8 Å². The molecule has 0 N–H and O–H groups in total. The van der Waals surface area contributed by atoms with Crippen LogP contribution in [0.4, 0.5) is 0 Å². The average molecular weight is 309 g/mol. The second-order valence-corrected chi connectivity index (χ2v) is 6.01. The Morgan fingerprint density at radius 2 is 1.32 bits per heavy atom. The molecule has 0 atom stereocenters. The fourth-order valence-corrected chi connectivity index (χ4v) is 2.43. The van der Waals surface area contributed by atoms with Gasteiger partial charge >= 0.3 is 5.97 Å². The third-order valence-electron chi connectivity index (χ3n) is 3.89. The molecule has 0 aliphatic heterocycles. The van der Waals surface area contributed by atoms with Gasteiger partial charge in [0, 0.05) is 6.42 Å². The third-order valence-corrected chi connectivity index (χ3v) is 3.89. The molecule has 0 bridgehead atoms. The molecule has 2 nitrogen and oxygen atoms in total. The number of carbonyl (C=O) groups excluding carboxylic acids is 1. The smallest absolute Gasteiger partial charge is 0.305 e. The Bertz CT molecular complexity index is 301. The van der Waals surface area contributed by atoms with Crippen molar-refractivity contribution >= 4 is 5.97 Å². The summed E-state index contributed by atoms with van der Waals surface area (Å²) in [4.78, 5) is 10.9. The molecule has 0 amide bonds. The van der Waals surface area contributed by atoms with Gasteiger partial charge in [-0.3, -0.25) is 4.79 Å². The number of esters is 1. The summed E-state index contributed by atoms with van der Waals surface area (Å²) < 4.78 is 4.59. The van der Waals surface area contributed by atoms with Crippen molar-refractivity contribution in [2.24, 2.45) is 0 Å². The van der Waals surface area contributed by atoms with Crippen LogP contribution < -0.4 is 0 Å². The predicted molar refractivity (Wildman–Crippen MR) is 95.0 cm³/mol. The Labute approximate surface area is 138 Å². The molecule has 0 rings (SSSR count). The van der Waals surface area contributed by atoms with Gasteiger partial charge in [0.05, 0.1) is 7.11 Å². The summed E-state index contributed by atoms with van der Waals surface area (Å²) in [5, 5.41) is 0. The first kappa shape index (κ1) is 21.0. The normalized spacial score (nSPS) is 10.1. The van der Waals surface area contributed by atoms with Gasteiger partial charge in [-0.1, -0.05) is 64.7 Å². The van der Waals surface area contributed by atoms with Gasteiger partial charge in [0.15, 0.2) is 0 Å². The molecule has 0 aromatic rings. The molecule has 0 aliphatic rings. The van der Waals surface area contributed by atoms with Gasteiger partial charge in [-0.25, -0.2) is 0 Å². The maximum Gasteiger partial charge on any atom is 0.305 e. The molecule has 0 aromatic heterocycles. The van der Waals surface area contributed by atoms with E-state index in [1.54, 1.807) is 0 Å². The SMILES string of the molecule is CCCCCCCCCCCCC=C=CCCCC(=O)OC. The number of hydrogen-bond acceptors (Lipinski definition) is 2. The van der Waals surface area contributed by atoms with E-state index in [1.807, 2.05) is 6.08 Å². The highest BCUT2D eigenvalue weighted by atomic mass is 16.5. The van der Waals surface area contributed by atoms with E-state index in [-0.39, 0.29) is 5.97 Å². The summed E-state index contributed by atoms with van der Waals surface area (Å²) >= 11 is 0. The summed E-state index contributed by atoms with van der Waals surface area (Å²) in [5.74, 6) is -0.122. The van der Waals surface area contributed by atoms with Gasteiger partial charge in [-0.15, -0.1) is 5.73 Å². The maximum atomic E-state index is 10.9. The molecule has 128 valence electrons. The van der Waals surface area contributed by atoms with Crippen molar-refractivity contribution in [1.82, 2.24) is 0 Å². The number of hydrogen-bond donors (Lipinski definition) is 0. The van der Waals surface area contributed by atoms with Crippen LogP contribution in [-0.4, -0.2) is 13.1 Å². The van der Waals surface area contributed by atoms with Crippen molar-refractivity contribution in [2.45, 2.75) is 96.8 Å². The zero-order valence-electron chi connectivity index (χ0n) is 14.9. The summed E-state index contributed by atoms with van der Waals surface area (Å²) in [5.41, 5.74) is 3.21. The molecule has 0 saturated carbocycles. The van der Waals surface area contributed by atoms with Gasteiger partial charge in [-0.2, -0.15) is 0 Å². The molecule has 0 spiro atoms. The summed E-state index contributed by atoms with van der Waals surface area (Å²) in [7, 11) is 1.44. The second kappa shape index (κ2) is 18.0. The largest absolute Gasteiger partial charge is 0.469 e. The van der Waals surface area contributed by atoms with E-state index in [9.17, 15) is 4.79 Å². The monoisotopic (exact) mass is 308 g/mol. The van der Waals surface area contributed by atoms with Crippen LogP contribution >= 0.6 is 0 Å². The molecule has 2 heteroatoms. The molecule has 0 aromatic carbocycles. The molecule has 22 heavy (non-hydrogen) atoms. The highest BCUT2D eigenvalue weighted by molar-refractivity contribution is 5.68. The third kappa shape index (κ3) is 17.0. The van der Waals surface area contributed by atoms with Crippen LogP contribution in [0.3, 0.4) is 0 Å². The highest BCUT2D eigenvalue weighted by Gasteiger charge is 1.96. The van der Waals surface area contributed by atoms with Crippen LogP contribution in [0.2, 0.25) is 0 Å². The van der Waals surface area contributed by atoms with E-state index >= 15 is 0 Å². The Balaban J connectivity index is 3.21. The summed E-state index contributed by atoms with van der Waals surface area (Å²) in [6, 6.07) is 0. The first-order chi connectivity index (χ1) is 10.8. The Kier molecular flexibility index (Phi) is 17.2. The van der Waals surface area contributed by atoms with Gasteiger partial charge < -0.3 is 4.74 Å². The lowest BCUT2D eigenvalue weighted by Crippen LogP contribution is -1.98. The van der Waals surface area contributed by atoms with Crippen molar-refractivity contribution in [3.05, 3.63) is 17.9 Å². The Hall–Kier alpha value is -1.01. The van der Waals surface area contributed by atoms with Gasteiger partial charge in [0.1, 0.15) is 0 Å². The van der Waals surface area contributed by atoms with E-state index in [0.29, 0.717) is 6.42 Å². The standard InChI is InChI=1S/C20H36O2/c1-3-4-5-6-7-8-9-10-11-12-13-14-15-16-17-18-19-20(21)22-2/h14,16H,3-13,17-19H2,1-2H3. The number of methoxy groups -OCH3 is 1. The summed E-state index contributed by atoms with van der Waals surface area (Å²) in [6.45, 7) is 2.27. The van der Waals surface area contributed by atoms with Gasteiger partial charge in [0.2, 0.25) is 0 Å². The van der Waals surface area contributed by atoms with Crippen LogP contribution in [-0.2, 0) is 9.53 Å². The quantitative estimate of drug-likeness (QED) is 0.200. The first-order valence-corrected chi connectivity index (χ1v) is 9.27. The van der Waals surface area contributed by atoms with Gasteiger partial charge in [0.25, 0.3) is 0 Å². The Morgan fingerprint density at radius 3 is 1.86 bits per heavy atom. The van der Waals surface area contributed by atoms with Crippen LogP contribution in [0.25, 0.3) is 0 Å². The average Bonchev–Trinajstić information content (AvgIpc) is 2.54. The lowest BCUT2D eigenvalue weighted by molar-refractivity contribution is -0.140. The number of carbonyl (C=O) groups is 1. The van der Waals surface area contributed by atoms with Crippen molar-refractivity contribution in [3.63, 3.8) is 0 Å². The fourth-order valence-electron chi connectivity index (χ4n) is 2.43. The minimum atomic E-state index is -0.122. The van der Waals surface area contributed by atoms with Crippen molar-refractivity contribution in [3.8, 4) is 0 Å². The van der Waals surface area contributed by atoms with Crippen molar-refractivity contribution in [1.29, 1.82) is 0 Å². The molecular formula is C20H36O2. The second-order valence-electron chi connectivity index (χ2n) is 6.01. The zero-order valence-corrected chi connectivity index (χ0v) is 14.9. The molecule has 0 aliphatic carbocycles. The molecule has 0 unspecified atom stereocenters. The topological polar surface area (TPSA) is 26.3 Å². The van der Waals surface area contributed by atoms with Crippen molar-refractivity contribution < 1.29 is 9.53 Å². The Morgan fingerprint density at radius 1 is 0.818 bits per heavy atom. The molecular weight excluding hydrogens is 272 g/mol. The maximum absolute atomic E-state index is 10.9. The fraction of sp³-hybridized carbons (Fsp3) is 0.800. The zero-order chi connectivity index (χ0) is 16.3. The van der Waals surface area contributed by atoms with Crippen molar-refractivity contribution in [2.75, 3.05) is 7.11 Å². The van der Waals surface area contributed by atoms with Crippen LogP contribution in [0.15, 0.2) is 17.9 Å². The molecule has 0 saturated heterocycles. The summed E-state index contributed by atoms with van der Waals surface area (Å²) in [6.07, 6.45) is 21.4. The predicted octanol–water partition coefficient (Wildman–Crippen LogP) is 6.35. The molecule has 0 fully saturated rings. The van der Waals surface area contributed by atoms with E-state index in [1.165, 1.54) is 71.3 Å². The van der Waals surface area contributed by atoms with Crippen LogP contribution in [0.5, 0.6) is 0 Å². The minimum absolute atomic E-state index is 0.122. The first-order valence-electron chi connectivity index (χ1n) is 9.27. The number of rotatable bonds is 15. The molecule has 0 radical (unpaired) electrons. The van der Waals surface area contributed by atoms with Crippen LogP contribution in [0.1, 0.15) is 96.8 Å². The lowest BCUT2D eigenvalue weighted by atomic mass is 10.1. The minimum Gasteiger partial charge on any atom is -0.469 e. The van der Waals surface area contributed by atoms with E-state index in [2.05, 4.69) is 23.5 Å². The highest BCUT2D eigenvalue weighted by Crippen LogP contribution is 2.11. The molecule has 0 heterocycles. The van der Waals surface area contributed by atoms with E-state index in [0.717, 1.165) is 19.3 Å². The number of ether oxygens (including phenoxy) is 1. The lowest BCUT2D eigenvalue weighted by Gasteiger charge is -2.00. The van der Waals surface area contributed by atoms with E-state index in [4.69, 9.17) is 0 Å². The van der Waals surface area contributed by atoms with Crippen LogP contribution in [0, 0.1) is 0 Å².